The van der Waals surface area contributed by atoms with Gasteiger partial charge in [-0.1, -0.05) is 23.7 Å². The van der Waals surface area contributed by atoms with E-state index >= 15 is 0 Å². The molecule has 2 N–H and O–H groups in total. The summed E-state index contributed by atoms with van der Waals surface area (Å²) in [4.78, 5) is 7.38. The van der Waals surface area contributed by atoms with E-state index < -0.39 is 0 Å². The lowest BCUT2D eigenvalue weighted by atomic mass is 10.1. The van der Waals surface area contributed by atoms with Crippen molar-refractivity contribution in [1.82, 2.24) is 9.97 Å². The fourth-order valence-electron chi connectivity index (χ4n) is 1.82. The van der Waals surface area contributed by atoms with E-state index in [0.717, 1.165) is 22.3 Å². The summed E-state index contributed by atoms with van der Waals surface area (Å²) in [6, 6.07) is 10.7. The first-order valence-electron chi connectivity index (χ1n) is 5.17. The van der Waals surface area contributed by atoms with Gasteiger partial charge in [-0.25, -0.2) is 4.98 Å². The van der Waals surface area contributed by atoms with Crippen LogP contribution in [0.4, 0.5) is 0 Å². The van der Waals surface area contributed by atoms with Crippen molar-refractivity contribution in [2.45, 2.75) is 0 Å². The normalized spacial score (nSPS) is 10.9. The Morgan fingerprint density at radius 3 is 2.82 bits per heavy atom. The number of phenols is 1. The van der Waals surface area contributed by atoms with E-state index in [-0.39, 0.29) is 5.75 Å². The molecule has 17 heavy (non-hydrogen) atoms. The number of phenolic OH excluding ortho intramolecular Hbond substituents is 1. The zero-order chi connectivity index (χ0) is 11.8. The maximum absolute atomic E-state index is 9.45. The van der Waals surface area contributed by atoms with E-state index in [1.54, 1.807) is 30.5 Å². The van der Waals surface area contributed by atoms with Crippen molar-refractivity contribution in [3.05, 3.63) is 47.6 Å². The lowest BCUT2D eigenvalue weighted by molar-refractivity contribution is 0.475. The van der Waals surface area contributed by atoms with Crippen LogP contribution in [0.1, 0.15) is 0 Å². The zero-order valence-corrected chi connectivity index (χ0v) is 9.57. The summed E-state index contributed by atoms with van der Waals surface area (Å²) in [5.41, 5.74) is 2.53. The molecule has 4 heteroatoms. The smallest absolute Gasteiger partial charge is 0.139 e. The summed E-state index contributed by atoms with van der Waals surface area (Å²) in [5.74, 6) is 0.236. The maximum Gasteiger partial charge on any atom is 0.139 e. The number of halogens is 1. The minimum absolute atomic E-state index is 0.236. The van der Waals surface area contributed by atoms with Crippen molar-refractivity contribution in [2.75, 3.05) is 0 Å². The molecule has 0 spiro atoms. The van der Waals surface area contributed by atoms with Gasteiger partial charge in [-0.3, -0.25) is 0 Å². The first-order valence-corrected chi connectivity index (χ1v) is 5.54. The van der Waals surface area contributed by atoms with E-state index in [2.05, 4.69) is 9.97 Å². The first kappa shape index (κ1) is 10.2. The number of nitrogens with zero attached hydrogens (tertiary/aromatic N) is 1. The number of benzene rings is 1. The van der Waals surface area contributed by atoms with Crippen molar-refractivity contribution in [2.24, 2.45) is 0 Å². The molecule has 2 aromatic heterocycles. The van der Waals surface area contributed by atoms with Crippen LogP contribution in [-0.4, -0.2) is 15.1 Å². The molecule has 84 valence electrons. The molecule has 0 aliphatic carbocycles. The maximum atomic E-state index is 9.45. The van der Waals surface area contributed by atoms with Crippen LogP contribution in [0.5, 0.6) is 5.75 Å². The van der Waals surface area contributed by atoms with E-state index in [1.165, 1.54) is 0 Å². The number of rotatable bonds is 1. The predicted octanol–water partition coefficient (Wildman–Crippen LogP) is 3.59. The summed E-state index contributed by atoms with van der Waals surface area (Å²) in [6.07, 6.45) is 1.66. The molecule has 0 aliphatic rings. The van der Waals surface area contributed by atoms with Crippen molar-refractivity contribution in [1.29, 1.82) is 0 Å². The highest BCUT2D eigenvalue weighted by molar-refractivity contribution is 6.35. The molecule has 0 unspecified atom stereocenters. The van der Waals surface area contributed by atoms with Gasteiger partial charge in [0, 0.05) is 22.8 Å². The van der Waals surface area contributed by atoms with Crippen molar-refractivity contribution in [3.63, 3.8) is 0 Å². The number of hydrogen-bond acceptors (Lipinski definition) is 2. The Morgan fingerprint density at radius 1 is 1.18 bits per heavy atom. The summed E-state index contributed by atoms with van der Waals surface area (Å²) in [7, 11) is 0. The number of hydrogen-bond donors (Lipinski definition) is 2. The van der Waals surface area contributed by atoms with Gasteiger partial charge < -0.3 is 10.1 Å². The van der Waals surface area contributed by atoms with E-state index in [0.29, 0.717) is 5.02 Å². The van der Waals surface area contributed by atoms with Crippen LogP contribution in [0.15, 0.2) is 42.6 Å². The van der Waals surface area contributed by atoms with Crippen molar-refractivity contribution >= 4 is 22.6 Å². The Hall–Kier alpha value is -2.00. The molecular formula is C13H9ClN2O. The number of fused-ring (bicyclic) bond motifs is 1. The first-order chi connectivity index (χ1) is 8.24. The number of pyridine rings is 1. The molecule has 3 rings (SSSR count). The number of H-pyrrole nitrogens is 1. The third kappa shape index (κ3) is 1.74. The Kier molecular flexibility index (Phi) is 2.27. The van der Waals surface area contributed by atoms with Crippen LogP contribution < -0.4 is 0 Å². The van der Waals surface area contributed by atoms with Gasteiger partial charge in [0.15, 0.2) is 0 Å². The fraction of sp³-hybridized carbons (Fsp3) is 0. The second-order valence-corrected chi connectivity index (χ2v) is 4.20. The van der Waals surface area contributed by atoms with E-state index in [1.807, 2.05) is 12.1 Å². The molecule has 1 aromatic carbocycles. The Bertz CT molecular complexity index is 691. The molecule has 0 saturated heterocycles. The second kappa shape index (κ2) is 3.79. The van der Waals surface area contributed by atoms with Crippen LogP contribution >= 0.6 is 11.6 Å². The highest BCUT2D eigenvalue weighted by Gasteiger charge is 2.07. The third-order valence-corrected chi connectivity index (χ3v) is 2.97. The molecule has 0 atom stereocenters. The van der Waals surface area contributed by atoms with Gasteiger partial charge >= 0.3 is 0 Å². The van der Waals surface area contributed by atoms with Gasteiger partial charge in [0.2, 0.25) is 0 Å². The van der Waals surface area contributed by atoms with E-state index in [4.69, 9.17) is 11.6 Å². The molecule has 0 bridgehead atoms. The van der Waals surface area contributed by atoms with Gasteiger partial charge in [0.25, 0.3) is 0 Å². The Labute approximate surface area is 103 Å². The zero-order valence-electron chi connectivity index (χ0n) is 8.81. The van der Waals surface area contributed by atoms with Crippen LogP contribution in [0.2, 0.25) is 5.02 Å². The largest absolute Gasteiger partial charge is 0.508 e. The molecule has 0 saturated carbocycles. The summed E-state index contributed by atoms with van der Waals surface area (Å²) < 4.78 is 0. The average molecular weight is 245 g/mol. The molecule has 3 nitrogen and oxygen atoms in total. The molecule has 0 aliphatic heterocycles. The minimum Gasteiger partial charge on any atom is -0.508 e. The van der Waals surface area contributed by atoms with Gasteiger partial charge in [0.1, 0.15) is 11.4 Å². The van der Waals surface area contributed by atoms with Gasteiger partial charge in [0.05, 0.1) is 5.02 Å². The van der Waals surface area contributed by atoms with Crippen LogP contribution in [-0.2, 0) is 0 Å². The monoisotopic (exact) mass is 244 g/mol. The number of nitrogens with one attached hydrogen (secondary N) is 1. The fourth-order valence-corrected chi connectivity index (χ4v) is 2.02. The van der Waals surface area contributed by atoms with Crippen LogP contribution in [0, 0.1) is 0 Å². The second-order valence-electron chi connectivity index (χ2n) is 3.79. The van der Waals surface area contributed by atoms with Crippen LogP contribution in [0.25, 0.3) is 22.3 Å². The van der Waals surface area contributed by atoms with Gasteiger partial charge in [-0.15, -0.1) is 0 Å². The lowest BCUT2D eigenvalue weighted by Gasteiger charge is -1.97. The predicted molar refractivity (Wildman–Crippen MR) is 68.2 cm³/mol. The topological polar surface area (TPSA) is 48.9 Å². The van der Waals surface area contributed by atoms with Crippen LogP contribution in [0.3, 0.4) is 0 Å². The van der Waals surface area contributed by atoms with Crippen molar-refractivity contribution < 1.29 is 5.11 Å². The third-order valence-electron chi connectivity index (χ3n) is 2.64. The summed E-state index contributed by atoms with van der Waals surface area (Å²) >= 11 is 6.08. The number of aromatic hydroxyl groups is 1. The SMILES string of the molecule is Oc1cccc(-c2cc3c(Cl)ccnc3[nH]2)c1. The molecule has 0 radical (unpaired) electrons. The molecule has 0 amide bonds. The Morgan fingerprint density at radius 2 is 2.06 bits per heavy atom. The molecule has 2 heterocycles. The molecular weight excluding hydrogens is 236 g/mol. The average Bonchev–Trinajstić information content (AvgIpc) is 2.74. The molecule has 3 aromatic rings. The lowest BCUT2D eigenvalue weighted by Crippen LogP contribution is -1.77. The summed E-state index contributed by atoms with van der Waals surface area (Å²) in [6.45, 7) is 0. The quantitative estimate of drug-likeness (QED) is 0.687. The van der Waals surface area contributed by atoms with Gasteiger partial charge in [-0.05, 0) is 24.3 Å². The van der Waals surface area contributed by atoms with E-state index in [9.17, 15) is 5.11 Å². The number of aromatic amines is 1. The number of aromatic nitrogens is 2. The van der Waals surface area contributed by atoms with Gasteiger partial charge in [-0.2, -0.15) is 0 Å². The standard InChI is InChI=1S/C13H9ClN2O/c14-11-4-5-15-13-10(11)7-12(16-13)8-2-1-3-9(17)6-8/h1-7,17H,(H,15,16). The highest BCUT2D eigenvalue weighted by Crippen LogP contribution is 2.28. The minimum atomic E-state index is 0.236. The molecule has 0 fully saturated rings. The van der Waals surface area contributed by atoms with Crippen molar-refractivity contribution in [3.8, 4) is 17.0 Å². The Balaban J connectivity index is 2.22. The highest BCUT2D eigenvalue weighted by atomic mass is 35.5. The summed E-state index contributed by atoms with van der Waals surface area (Å²) in [5, 5.41) is 11.0.